The molecule has 0 bridgehead atoms. The fraction of sp³-hybridized carbons (Fsp3) is 0.696. The summed E-state index contributed by atoms with van der Waals surface area (Å²) in [5, 5.41) is 26.9. The molecule has 4 aliphatic heterocycles. The number of ether oxygens (including phenoxy) is 1. The summed E-state index contributed by atoms with van der Waals surface area (Å²) in [4.78, 5) is 54.7. The van der Waals surface area contributed by atoms with E-state index in [1.807, 2.05) is 6.92 Å². The smallest absolute Gasteiger partial charge is 0.353 e. The van der Waals surface area contributed by atoms with E-state index in [1.165, 1.54) is 28.5 Å². The van der Waals surface area contributed by atoms with Crippen LogP contribution in [0, 0.1) is 11.8 Å². The van der Waals surface area contributed by atoms with E-state index in [4.69, 9.17) is 10.5 Å². The normalized spacial score (nSPS) is 30.8. The van der Waals surface area contributed by atoms with Crippen molar-refractivity contribution >= 4 is 35.5 Å². The lowest BCUT2D eigenvalue weighted by Gasteiger charge is -2.47. The summed E-state index contributed by atoms with van der Waals surface area (Å²) in [5.41, 5.74) is 5.95. The van der Waals surface area contributed by atoms with Crippen LogP contribution in [0.15, 0.2) is 10.6 Å². The molecule has 15 nitrogen and oxygen atoms in total. The summed E-state index contributed by atoms with van der Waals surface area (Å²) in [7, 11) is 1.39. The minimum Gasteiger partial charge on any atom is -0.477 e. The van der Waals surface area contributed by atoms with Crippen molar-refractivity contribution < 1.29 is 29.0 Å². The van der Waals surface area contributed by atoms with Crippen LogP contribution in [0.2, 0.25) is 0 Å². The number of nitrogens with two attached hydrogens (primary N) is 1. The number of methoxy groups -OCH3 is 1. The Labute approximate surface area is 228 Å². The Hall–Kier alpha value is -3.24. The maximum atomic E-state index is 13.2. The maximum absolute atomic E-state index is 13.2. The number of aromatic nitrogens is 4. The lowest BCUT2D eigenvalue weighted by atomic mass is 9.78. The summed E-state index contributed by atoms with van der Waals surface area (Å²) in [5.74, 6) is -2.70. The number of rotatable bonds is 9. The molecular formula is C23H33N9O6S. The summed E-state index contributed by atoms with van der Waals surface area (Å²) in [6.07, 6.45) is 1.35. The third-order valence-corrected chi connectivity index (χ3v) is 9.42. The summed E-state index contributed by atoms with van der Waals surface area (Å²) >= 11 is 1.43. The number of hydrogen-bond acceptors (Lipinski definition) is 11. The van der Waals surface area contributed by atoms with Gasteiger partial charge in [0.2, 0.25) is 17.7 Å². The number of carbonyl (C=O) groups is 4. The first-order chi connectivity index (χ1) is 18.6. The number of thioether (sulfide) groups is 1. The number of fused-ring (bicyclic) bond motifs is 1. The molecule has 7 atom stereocenters. The van der Waals surface area contributed by atoms with Gasteiger partial charge in [-0.2, -0.15) is 4.68 Å². The number of carboxylic acid groups (broad SMARTS) is 1. The van der Waals surface area contributed by atoms with Gasteiger partial charge in [0, 0.05) is 47.8 Å². The first-order valence-electron chi connectivity index (χ1n) is 12.9. The summed E-state index contributed by atoms with van der Waals surface area (Å²) in [6, 6.07) is -1.18. The molecule has 5 heterocycles. The van der Waals surface area contributed by atoms with Gasteiger partial charge < -0.3 is 36.0 Å². The molecule has 1 aromatic heterocycles. The van der Waals surface area contributed by atoms with E-state index in [9.17, 15) is 24.3 Å². The van der Waals surface area contributed by atoms with Crippen molar-refractivity contribution in [2.75, 3.05) is 26.7 Å². The van der Waals surface area contributed by atoms with Gasteiger partial charge >= 0.3 is 12.0 Å². The van der Waals surface area contributed by atoms with E-state index in [1.54, 1.807) is 11.8 Å². The van der Waals surface area contributed by atoms with Crippen LogP contribution in [0.1, 0.15) is 26.7 Å². The molecule has 0 radical (unpaired) electrons. The fourth-order valence-electron chi connectivity index (χ4n) is 6.03. The average Bonchev–Trinajstić information content (AvgIpc) is 3.67. The predicted octanol–water partition coefficient (Wildman–Crippen LogP) is -2.02. The molecule has 0 aliphatic carbocycles. The minimum atomic E-state index is -1.16. The standard InChI is InChI=1S/C23H33N9O6S/c1-10-17-16(11(2)26-15(33)9-31-23(38-3)27-28-29-31)21(35)32(17)18(22(36)37)19(10)39-13-6-14(25-7-13)20(34)30-5-4-12(24)8-30/h10-14,16-17,25H,4-9,24H2,1-3H3,(H,26,33)(H,36,37)/t10-,11-,12-,13+,14+,16-,17-/m1/s1. The van der Waals surface area contributed by atoms with Crippen LogP contribution < -0.4 is 21.1 Å². The number of β-lactam (4-membered cyclic amide) rings is 1. The first kappa shape index (κ1) is 27.3. The van der Waals surface area contributed by atoms with Crippen LogP contribution in [-0.4, -0.2) is 115 Å². The molecule has 5 N–H and O–H groups in total. The second-order valence-corrected chi connectivity index (χ2v) is 11.8. The third-order valence-electron chi connectivity index (χ3n) is 7.91. The zero-order chi connectivity index (χ0) is 28.0. The molecule has 212 valence electrons. The van der Waals surface area contributed by atoms with Crippen molar-refractivity contribution in [1.29, 1.82) is 0 Å². The molecule has 5 rings (SSSR count). The largest absolute Gasteiger partial charge is 0.477 e. The van der Waals surface area contributed by atoms with E-state index >= 15 is 0 Å². The van der Waals surface area contributed by atoms with Gasteiger partial charge in [0.25, 0.3) is 0 Å². The topological polar surface area (TPSA) is 198 Å². The van der Waals surface area contributed by atoms with Gasteiger partial charge in [-0.3, -0.25) is 14.4 Å². The number of carbonyl (C=O) groups excluding carboxylic acids is 3. The Morgan fingerprint density at radius 1 is 1.36 bits per heavy atom. The number of carboxylic acids is 1. The molecule has 4 aliphatic rings. The first-order valence-corrected chi connectivity index (χ1v) is 13.8. The van der Waals surface area contributed by atoms with Crippen LogP contribution in [0.25, 0.3) is 0 Å². The van der Waals surface area contributed by atoms with Gasteiger partial charge in [-0.25, -0.2) is 4.79 Å². The van der Waals surface area contributed by atoms with Crippen molar-refractivity contribution in [3.63, 3.8) is 0 Å². The molecule has 3 amide bonds. The zero-order valence-electron chi connectivity index (χ0n) is 21.9. The SMILES string of the molecule is COc1nnnn1CC(=O)N[C@H](C)[C@H]1C(=O)N2C(C(=O)O)=C(S[C@@H]3CN[C@H](C(=O)N4CC[C@@H](N)C4)C3)[C@H](C)[C@H]12. The van der Waals surface area contributed by atoms with Crippen molar-refractivity contribution in [2.45, 2.75) is 62.7 Å². The average molecular weight is 564 g/mol. The van der Waals surface area contributed by atoms with Gasteiger partial charge in [0.05, 0.1) is 25.1 Å². The summed E-state index contributed by atoms with van der Waals surface area (Å²) < 4.78 is 6.20. The Kier molecular flexibility index (Phi) is 7.52. The quantitative estimate of drug-likeness (QED) is 0.241. The zero-order valence-corrected chi connectivity index (χ0v) is 22.8. The molecule has 3 fully saturated rings. The molecule has 39 heavy (non-hydrogen) atoms. The number of tetrazole rings is 1. The Morgan fingerprint density at radius 2 is 2.13 bits per heavy atom. The Bertz CT molecular complexity index is 1210. The van der Waals surface area contributed by atoms with E-state index in [2.05, 4.69) is 26.2 Å². The molecule has 1 aromatic rings. The highest BCUT2D eigenvalue weighted by Crippen LogP contribution is 2.51. The molecule has 0 unspecified atom stereocenters. The number of nitrogens with one attached hydrogen (secondary N) is 2. The molecule has 0 aromatic carbocycles. The number of nitrogens with zero attached hydrogens (tertiary/aromatic N) is 6. The molecular weight excluding hydrogens is 530 g/mol. The second kappa shape index (κ2) is 10.7. The van der Waals surface area contributed by atoms with Crippen LogP contribution in [0.5, 0.6) is 6.01 Å². The predicted molar refractivity (Wildman–Crippen MR) is 137 cm³/mol. The highest BCUT2D eigenvalue weighted by atomic mass is 32.2. The number of aliphatic carboxylic acids is 1. The lowest BCUT2D eigenvalue weighted by Crippen LogP contribution is -2.66. The minimum absolute atomic E-state index is 0.00371. The van der Waals surface area contributed by atoms with Crippen molar-refractivity contribution in [1.82, 2.24) is 40.6 Å². The van der Waals surface area contributed by atoms with E-state index in [0.717, 1.165) is 6.42 Å². The third kappa shape index (κ3) is 4.96. The van der Waals surface area contributed by atoms with E-state index in [0.29, 0.717) is 31.0 Å². The van der Waals surface area contributed by atoms with Crippen LogP contribution >= 0.6 is 11.8 Å². The maximum Gasteiger partial charge on any atom is 0.353 e. The summed E-state index contributed by atoms with van der Waals surface area (Å²) in [6.45, 7) is 5.21. The number of likely N-dealkylation sites (tertiary alicyclic amines) is 1. The molecule has 0 saturated carbocycles. The van der Waals surface area contributed by atoms with Crippen molar-refractivity contribution in [2.24, 2.45) is 17.6 Å². The Morgan fingerprint density at radius 3 is 2.79 bits per heavy atom. The van der Waals surface area contributed by atoms with Gasteiger partial charge in [0.15, 0.2) is 0 Å². The fourth-order valence-corrected chi connectivity index (χ4v) is 7.51. The van der Waals surface area contributed by atoms with E-state index < -0.39 is 23.8 Å². The highest BCUT2D eigenvalue weighted by Gasteiger charge is 2.60. The van der Waals surface area contributed by atoms with E-state index in [-0.39, 0.29) is 59.4 Å². The van der Waals surface area contributed by atoms with Crippen LogP contribution in [-0.2, 0) is 25.7 Å². The number of amides is 3. The molecule has 0 spiro atoms. The second-order valence-electron chi connectivity index (χ2n) is 10.5. The van der Waals surface area contributed by atoms with Crippen LogP contribution in [0.4, 0.5) is 0 Å². The van der Waals surface area contributed by atoms with Gasteiger partial charge in [0.1, 0.15) is 12.2 Å². The van der Waals surface area contributed by atoms with Crippen molar-refractivity contribution in [3.05, 3.63) is 10.6 Å². The highest BCUT2D eigenvalue weighted by molar-refractivity contribution is 8.03. The lowest BCUT2D eigenvalue weighted by molar-refractivity contribution is -0.158. The Balaban J connectivity index is 1.23. The molecule has 16 heteroatoms. The monoisotopic (exact) mass is 563 g/mol. The molecule has 3 saturated heterocycles. The van der Waals surface area contributed by atoms with Crippen LogP contribution in [0.3, 0.4) is 0 Å². The van der Waals surface area contributed by atoms with Gasteiger partial charge in [-0.05, 0) is 30.2 Å². The van der Waals surface area contributed by atoms with Crippen molar-refractivity contribution in [3.8, 4) is 6.01 Å². The number of hydrogen-bond donors (Lipinski definition) is 4. The van der Waals surface area contributed by atoms with Gasteiger partial charge in [-0.15, -0.1) is 11.8 Å². The van der Waals surface area contributed by atoms with Gasteiger partial charge in [-0.1, -0.05) is 12.0 Å².